The molecule has 3 N–H and O–H groups in total. The number of hydrogen-bond donors (Lipinski definition) is 2. The lowest BCUT2D eigenvalue weighted by Gasteiger charge is -2.38. The van der Waals surface area contributed by atoms with Crippen LogP contribution in [-0.4, -0.2) is 52.1 Å². The van der Waals surface area contributed by atoms with E-state index in [9.17, 15) is 4.79 Å². The van der Waals surface area contributed by atoms with Gasteiger partial charge in [0, 0.05) is 43.1 Å². The maximum Gasteiger partial charge on any atom is 0.239 e. The van der Waals surface area contributed by atoms with Crippen LogP contribution < -0.4 is 5.73 Å². The third-order valence-corrected chi connectivity index (χ3v) is 5.39. The molecule has 1 saturated heterocycles. The molecule has 0 saturated carbocycles. The van der Waals surface area contributed by atoms with E-state index in [1.54, 1.807) is 12.1 Å². The van der Waals surface area contributed by atoms with E-state index in [4.69, 9.17) is 17.3 Å². The van der Waals surface area contributed by atoms with Crippen LogP contribution in [0.4, 0.5) is 0 Å². The lowest BCUT2D eigenvalue weighted by molar-refractivity contribution is -0.124. The lowest BCUT2D eigenvalue weighted by Crippen LogP contribution is -2.49. The van der Waals surface area contributed by atoms with Crippen molar-refractivity contribution < 1.29 is 4.79 Å². The Morgan fingerprint density at radius 3 is 2.59 bits per heavy atom. The SMILES string of the molecule is NC(=O)C(c1ccc(Cl)cc1)N1CCN(Cc2ccc3cn[nH]c3c2)CC1. The van der Waals surface area contributed by atoms with Gasteiger partial charge in [-0.25, -0.2) is 0 Å². The maximum absolute atomic E-state index is 12.1. The number of aromatic amines is 1. The number of benzene rings is 2. The van der Waals surface area contributed by atoms with Crippen LogP contribution in [0.3, 0.4) is 0 Å². The number of rotatable bonds is 5. The number of carbonyl (C=O) groups is 1. The Morgan fingerprint density at radius 1 is 1.15 bits per heavy atom. The molecule has 1 aliphatic rings. The Balaban J connectivity index is 1.41. The molecular weight excluding hydrogens is 362 g/mol. The van der Waals surface area contributed by atoms with E-state index in [0.29, 0.717) is 5.02 Å². The predicted molar refractivity (Wildman–Crippen MR) is 106 cm³/mol. The molecule has 2 heterocycles. The third kappa shape index (κ3) is 3.98. The zero-order valence-electron chi connectivity index (χ0n) is 14.9. The Morgan fingerprint density at radius 2 is 1.89 bits per heavy atom. The van der Waals surface area contributed by atoms with Crippen LogP contribution in [0.5, 0.6) is 0 Å². The number of piperazine rings is 1. The highest BCUT2D eigenvalue weighted by Crippen LogP contribution is 2.24. The van der Waals surface area contributed by atoms with Gasteiger partial charge in [0.15, 0.2) is 0 Å². The Hall–Kier alpha value is -2.41. The van der Waals surface area contributed by atoms with Gasteiger partial charge in [0.25, 0.3) is 0 Å². The Bertz CT molecular complexity index is 931. The molecule has 0 aliphatic carbocycles. The van der Waals surface area contributed by atoms with Gasteiger partial charge >= 0.3 is 0 Å². The molecule has 3 aromatic rings. The maximum atomic E-state index is 12.1. The second kappa shape index (κ2) is 7.68. The van der Waals surface area contributed by atoms with Gasteiger partial charge in [0.2, 0.25) is 5.91 Å². The number of fused-ring (bicyclic) bond motifs is 1. The summed E-state index contributed by atoms with van der Waals surface area (Å²) in [5.41, 5.74) is 8.91. The summed E-state index contributed by atoms with van der Waals surface area (Å²) in [4.78, 5) is 16.6. The average Bonchev–Trinajstić information content (AvgIpc) is 3.12. The molecule has 0 radical (unpaired) electrons. The monoisotopic (exact) mass is 383 g/mol. The van der Waals surface area contributed by atoms with Crippen LogP contribution in [0.15, 0.2) is 48.7 Å². The zero-order chi connectivity index (χ0) is 18.8. The minimum absolute atomic E-state index is 0.324. The number of hydrogen-bond acceptors (Lipinski definition) is 4. The fourth-order valence-electron chi connectivity index (χ4n) is 3.72. The third-order valence-electron chi connectivity index (χ3n) is 5.14. The molecule has 4 rings (SSSR count). The number of carbonyl (C=O) groups excluding carboxylic acids is 1. The fraction of sp³-hybridized carbons (Fsp3) is 0.300. The van der Waals surface area contributed by atoms with E-state index in [1.807, 2.05) is 18.3 Å². The smallest absolute Gasteiger partial charge is 0.239 e. The number of primary amides is 1. The van der Waals surface area contributed by atoms with Crippen molar-refractivity contribution in [2.24, 2.45) is 5.73 Å². The molecule has 0 bridgehead atoms. The van der Waals surface area contributed by atoms with E-state index >= 15 is 0 Å². The van der Waals surface area contributed by atoms with Gasteiger partial charge in [-0.1, -0.05) is 35.9 Å². The van der Waals surface area contributed by atoms with Gasteiger partial charge in [-0.3, -0.25) is 19.7 Å². The van der Waals surface area contributed by atoms with Gasteiger partial charge in [0.05, 0.1) is 11.7 Å². The van der Waals surface area contributed by atoms with Crippen LogP contribution >= 0.6 is 11.6 Å². The minimum atomic E-state index is -0.411. The normalized spacial score (nSPS) is 17.2. The number of nitrogens with two attached hydrogens (primary N) is 1. The van der Waals surface area contributed by atoms with Gasteiger partial charge in [-0.2, -0.15) is 5.10 Å². The zero-order valence-corrected chi connectivity index (χ0v) is 15.7. The number of aromatic nitrogens is 2. The molecule has 1 aromatic heterocycles. The van der Waals surface area contributed by atoms with Crippen molar-refractivity contribution in [3.63, 3.8) is 0 Å². The van der Waals surface area contributed by atoms with Crippen LogP contribution in [-0.2, 0) is 11.3 Å². The van der Waals surface area contributed by atoms with Crippen molar-refractivity contribution in [2.45, 2.75) is 12.6 Å². The van der Waals surface area contributed by atoms with E-state index in [0.717, 1.165) is 49.2 Å². The predicted octanol–water partition coefficient (Wildman–Crippen LogP) is 2.56. The van der Waals surface area contributed by atoms with E-state index in [-0.39, 0.29) is 5.91 Å². The summed E-state index contributed by atoms with van der Waals surface area (Å²) in [6, 6.07) is 13.3. The highest BCUT2D eigenvalue weighted by molar-refractivity contribution is 6.30. The molecule has 140 valence electrons. The average molecular weight is 384 g/mol. The highest BCUT2D eigenvalue weighted by atomic mass is 35.5. The molecule has 0 spiro atoms. The molecule has 27 heavy (non-hydrogen) atoms. The first kappa shape index (κ1) is 18.0. The summed E-state index contributed by atoms with van der Waals surface area (Å²) < 4.78 is 0. The van der Waals surface area contributed by atoms with Crippen LogP contribution in [0.25, 0.3) is 10.9 Å². The van der Waals surface area contributed by atoms with Crippen molar-refractivity contribution in [1.82, 2.24) is 20.0 Å². The van der Waals surface area contributed by atoms with Crippen LogP contribution in [0.2, 0.25) is 5.02 Å². The van der Waals surface area contributed by atoms with Gasteiger partial charge in [-0.05, 0) is 29.3 Å². The van der Waals surface area contributed by atoms with Crippen molar-refractivity contribution >= 4 is 28.4 Å². The van der Waals surface area contributed by atoms with Gasteiger partial charge in [0.1, 0.15) is 6.04 Å². The molecular formula is C20H22ClN5O. The van der Waals surface area contributed by atoms with E-state index < -0.39 is 6.04 Å². The lowest BCUT2D eigenvalue weighted by atomic mass is 10.0. The van der Waals surface area contributed by atoms with Crippen LogP contribution in [0.1, 0.15) is 17.2 Å². The van der Waals surface area contributed by atoms with E-state index in [2.05, 4.69) is 38.2 Å². The van der Waals surface area contributed by atoms with E-state index in [1.165, 1.54) is 5.56 Å². The van der Waals surface area contributed by atoms with Gasteiger partial charge < -0.3 is 5.73 Å². The van der Waals surface area contributed by atoms with Gasteiger partial charge in [-0.15, -0.1) is 0 Å². The van der Waals surface area contributed by atoms with Crippen molar-refractivity contribution in [1.29, 1.82) is 0 Å². The summed E-state index contributed by atoms with van der Waals surface area (Å²) >= 11 is 5.96. The second-order valence-corrected chi connectivity index (χ2v) is 7.40. The first-order chi connectivity index (χ1) is 13.1. The quantitative estimate of drug-likeness (QED) is 0.709. The number of nitrogens with zero attached hydrogens (tertiary/aromatic N) is 3. The largest absolute Gasteiger partial charge is 0.368 e. The number of amides is 1. The summed E-state index contributed by atoms with van der Waals surface area (Å²) in [6.45, 7) is 4.24. The molecule has 2 aromatic carbocycles. The summed E-state index contributed by atoms with van der Waals surface area (Å²) in [7, 11) is 0. The first-order valence-electron chi connectivity index (χ1n) is 9.03. The first-order valence-corrected chi connectivity index (χ1v) is 9.41. The molecule has 1 unspecified atom stereocenters. The molecule has 7 heteroatoms. The fourth-order valence-corrected chi connectivity index (χ4v) is 3.85. The molecule has 1 aliphatic heterocycles. The highest BCUT2D eigenvalue weighted by Gasteiger charge is 2.28. The van der Waals surface area contributed by atoms with Crippen LogP contribution in [0, 0.1) is 0 Å². The minimum Gasteiger partial charge on any atom is -0.368 e. The molecule has 1 amide bonds. The number of H-pyrrole nitrogens is 1. The topological polar surface area (TPSA) is 78.2 Å². The number of halogens is 1. The van der Waals surface area contributed by atoms with Crippen molar-refractivity contribution in [3.8, 4) is 0 Å². The molecule has 1 atom stereocenters. The second-order valence-electron chi connectivity index (χ2n) is 6.96. The molecule has 1 fully saturated rings. The Kier molecular flexibility index (Phi) is 5.11. The summed E-state index contributed by atoms with van der Waals surface area (Å²) in [6.07, 6.45) is 1.83. The number of nitrogens with one attached hydrogen (secondary N) is 1. The summed E-state index contributed by atoms with van der Waals surface area (Å²) in [5.74, 6) is -0.324. The Labute approximate surface area is 162 Å². The van der Waals surface area contributed by atoms with Crippen molar-refractivity contribution in [3.05, 3.63) is 64.8 Å². The summed E-state index contributed by atoms with van der Waals surface area (Å²) in [5, 5.41) is 8.86. The van der Waals surface area contributed by atoms with Crippen molar-refractivity contribution in [2.75, 3.05) is 26.2 Å². The standard InChI is InChI=1S/C20H22ClN5O/c21-17-5-3-15(4-6-17)19(20(22)27)26-9-7-25(8-10-26)13-14-1-2-16-12-23-24-18(16)11-14/h1-6,11-12,19H,7-10,13H2,(H2,22,27)(H,23,24). The molecule has 6 nitrogen and oxygen atoms in total.